The van der Waals surface area contributed by atoms with Crippen molar-refractivity contribution in [1.29, 1.82) is 0 Å². The van der Waals surface area contributed by atoms with Crippen molar-refractivity contribution >= 4 is 33.2 Å². The van der Waals surface area contributed by atoms with Gasteiger partial charge < -0.3 is 30.6 Å². The van der Waals surface area contributed by atoms with Gasteiger partial charge in [-0.15, -0.1) is 0 Å². The minimum absolute atomic E-state index is 0.153. The number of anilines is 2. The zero-order chi connectivity index (χ0) is 26.9. The molecule has 0 amide bonds. The van der Waals surface area contributed by atoms with Gasteiger partial charge in [0, 0.05) is 53.6 Å². The van der Waals surface area contributed by atoms with Gasteiger partial charge in [-0.05, 0) is 41.6 Å². The SMILES string of the molecule is COc1cc2ncc3c(N)nc(-c4cncc(OC[C@@H](N)CN5CCc6ccccc65)c4)cc3c2cc1OC. The predicted molar refractivity (Wildman–Crippen MR) is 154 cm³/mol. The molecule has 1 aliphatic heterocycles. The topological polar surface area (TPSA) is 122 Å². The van der Waals surface area contributed by atoms with E-state index in [0.29, 0.717) is 35.4 Å². The van der Waals surface area contributed by atoms with Crippen molar-refractivity contribution in [2.75, 3.05) is 44.5 Å². The first-order chi connectivity index (χ1) is 19.0. The van der Waals surface area contributed by atoms with E-state index < -0.39 is 0 Å². The molecule has 2 aromatic carbocycles. The molecule has 1 atom stereocenters. The number of fused-ring (bicyclic) bond motifs is 4. The van der Waals surface area contributed by atoms with Crippen LogP contribution in [0.25, 0.3) is 32.9 Å². The van der Waals surface area contributed by atoms with Gasteiger partial charge >= 0.3 is 0 Å². The summed E-state index contributed by atoms with van der Waals surface area (Å²) >= 11 is 0. The van der Waals surface area contributed by atoms with E-state index in [2.05, 4.69) is 44.1 Å². The molecule has 0 saturated carbocycles. The highest BCUT2D eigenvalue weighted by Crippen LogP contribution is 2.37. The van der Waals surface area contributed by atoms with E-state index in [9.17, 15) is 0 Å². The van der Waals surface area contributed by atoms with Crippen LogP contribution in [-0.2, 0) is 6.42 Å². The number of nitrogens with zero attached hydrogens (tertiary/aromatic N) is 4. The smallest absolute Gasteiger partial charge is 0.162 e. The highest BCUT2D eigenvalue weighted by Gasteiger charge is 2.20. The zero-order valence-electron chi connectivity index (χ0n) is 21.9. The van der Waals surface area contributed by atoms with E-state index in [1.807, 2.05) is 24.3 Å². The average molecular weight is 523 g/mol. The third-order valence-electron chi connectivity index (χ3n) is 7.12. The van der Waals surface area contributed by atoms with Gasteiger partial charge in [-0.2, -0.15) is 0 Å². The zero-order valence-corrected chi connectivity index (χ0v) is 21.9. The third kappa shape index (κ3) is 4.72. The highest BCUT2D eigenvalue weighted by atomic mass is 16.5. The molecule has 0 aliphatic carbocycles. The van der Waals surface area contributed by atoms with Crippen molar-refractivity contribution in [3.63, 3.8) is 0 Å². The molecule has 0 saturated heterocycles. The Morgan fingerprint density at radius 3 is 2.62 bits per heavy atom. The third-order valence-corrected chi connectivity index (χ3v) is 7.12. The van der Waals surface area contributed by atoms with Crippen molar-refractivity contribution in [3.05, 3.63) is 72.7 Å². The van der Waals surface area contributed by atoms with Crippen LogP contribution >= 0.6 is 0 Å². The standard InChI is InChI=1S/C30H30N6O3/c1-37-28-11-23-22-10-25(35-30(32)24(22)15-34-26(23)12-29(28)38-2)19-9-21(14-33-13-19)39-17-20(31)16-36-8-7-18-5-3-4-6-27(18)36/h3-6,9-15,20H,7-8,16-17,31H2,1-2H3,(H2,32,35)/t20-/m0/s1. The Morgan fingerprint density at radius 2 is 1.77 bits per heavy atom. The summed E-state index contributed by atoms with van der Waals surface area (Å²) in [4.78, 5) is 15.9. The Hall–Kier alpha value is -4.63. The Bertz CT molecular complexity index is 1670. The number of benzene rings is 2. The summed E-state index contributed by atoms with van der Waals surface area (Å²) in [5, 5.41) is 2.55. The molecule has 5 aromatic rings. The lowest BCUT2D eigenvalue weighted by Gasteiger charge is -2.23. The maximum absolute atomic E-state index is 6.45. The van der Waals surface area contributed by atoms with Crippen LogP contribution in [-0.4, -0.2) is 54.9 Å². The summed E-state index contributed by atoms with van der Waals surface area (Å²) in [7, 11) is 3.21. The first-order valence-corrected chi connectivity index (χ1v) is 12.8. The van der Waals surface area contributed by atoms with Crippen LogP contribution in [0.1, 0.15) is 5.56 Å². The van der Waals surface area contributed by atoms with Gasteiger partial charge in [0.05, 0.1) is 37.7 Å². The number of pyridine rings is 3. The number of nitrogen functional groups attached to an aromatic ring is 1. The Balaban J connectivity index is 1.25. The summed E-state index contributed by atoms with van der Waals surface area (Å²) in [6.45, 7) is 2.07. The molecule has 6 rings (SSSR count). The van der Waals surface area contributed by atoms with E-state index in [0.717, 1.165) is 46.7 Å². The number of ether oxygens (including phenoxy) is 3. The lowest BCUT2D eigenvalue weighted by atomic mass is 10.0. The molecule has 39 heavy (non-hydrogen) atoms. The summed E-state index contributed by atoms with van der Waals surface area (Å²) < 4.78 is 17.0. The monoisotopic (exact) mass is 522 g/mol. The molecule has 0 unspecified atom stereocenters. The molecule has 9 heteroatoms. The molecule has 9 nitrogen and oxygen atoms in total. The van der Waals surface area contributed by atoms with E-state index in [-0.39, 0.29) is 6.04 Å². The maximum atomic E-state index is 6.45. The Morgan fingerprint density at radius 1 is 0.949 bits per heavy atom. The molecule has 0 fully saturated rings. The van der Waals surface area contributed by atoms with Crippen LogP contribution in [0.15, 0.2) is 67.1 Å². The fourth-order valence-electron chi connectivity index (χ4n) is 5.18. The van der Waals surface area contributed by atoms with Crippen LogP contribution in [0.4, 0.5) is 11.5 Å². The normalized spacial score (nSPS) is 13.5. The number of nitrogens with two attached hydrogens (primary N) is 2. The van der Waals surface area contributed by atoms with Crippen LogP contribution in [0, 0.1) is 0 Å². The second-order valence-corrected chi connectivity index (χ2v) is 9.64. The van der Waals surface area contributed by atoms with E-state index in [1.165, 1.54) is 11.3 Å². The van der Waals surface area contributed by atoms with Crippen molar-refractivity contribution in [2.45, 2.75) is 12.5 Å². The lowest BCUT2D eigenvalue weighted by Crippen LogP contribution is -2.40. The fourth-order valence-corrected chi connectivity index (χ4v) is 5.18. The first-order valence-electron chi connectivity index (χ1n) is 12.8. The van der Waals surface area contributed by atoms with E-state index in [4.69, 9.17) is 25.7 Å². The molecule has 0 radical (unpaired) electrons. The summed E-state index contributed by atoms with van der Waals surface area (Å²) in [5.41, 5.74) is 17.7. The molecular weight excluding hydrogens is 492 g/mol. The van der Waals surface area contributed by atoms with Crippen LogP contribution in [0.5, 0.6) is 17.2 Å². The van der Waals surface area contributed by atoms with Gasteiger partial charge in [-0.25, -0.2) is 4.98 Å². The molecule has 1 aliphatic rings. The minimum atomic E-state index is -0.153. The van der Waals surface area contributed by atoms with Gasteiger partial charge in [0.1, 0.15) is 18.2 Å². The van der Waals surface area contributed by atoms with Gasteiger partial charge in [-0.3, -0.25) is 9.97 Å². The summed E-state index contributed by atoms with van der Waals surface area (Å²) in [5.74, 6) is 2.23. The Kier molecular flexibility index (Phi) is 6.50. The van der Waals surface area contributed by atoms with Crippen molar-refractivity contribution in [2.24, 2.45) is 5.73 Å². The Labute approximate surface area is 226 Å². The van der Waals surface area contributed by atoms with E-state index in [1.54, 1.807) is 32.8 Å². The summed E-state index contributed by atoms with van der Waals surface area (Å²) in [6.07, 6.45) is 6.20. The van der Waals surface area contributed by atoms with Crippen molar-refractivity contribution in [1.82, 2.24) is 15.0 Å². The number of hydrogen-bond acceptors (Lipinski definition) is 9. The quantitative estimate of drug-likeness (QED) is 0.289. The second-order valence-electron chi connectivity index (χ2n) is 9.64. The fraction of sp³-hybridized carbons (Fsp3) is 0.233. The molecule has 3 aromatic heterocycles. The predicted octanol–water partition coefficient (Wildman–Crippen LogP) is 4.21. The van der Waals surface area contributed by atoms with Gasteiger partial charge in [0.25, 0.3) is 0 Å². The maximum Gasteiger partial charge on any atom is 0.162 e. The second kappa shape index (κ2) is 10.3. The summed E-state index contributed by atoms with van der Waals surface area (Å²) in [6, 6.07) is 16.0. The number of aromatic nitrogens is 3. The van der Waals surface area contributed by atoms with Gasteiger partial charge in [-0.1, -0.05) is 18.2 Å². The van der Waals surface area contributed by atoms with Crippen LogP contribution in [0.3, 0.4) is 0 Å². The minimum Gasteiger partial charge on any atom is -0.493 e. The molecule has 4 N–H and O–H groups in total. The number of methoxy groups -OCH3 is 2. The molecule has 0 spiro atoms. The number of para-hydroxylation sites is 1. The lowest BCUT2D eigenvalue weighted by molar-refractivity contribution is 0.288. The molecule has 0 bridgehead atoms. The molecular formula is C30H30N6O3. The van der Waals surface area contributed by atoms with Crippen molar-refractivity contribution < 1.29 is 14.2 Å². The van der Waals surface area contributed by atoms with Crippen molar-refractivity contribution in [3.8, 4) is 28.5 Å². The van der Waals surface area contributed by atoms with Crippen LogP contribution < -0.4 is 30.6 Å². The highest BCUT2D eigenvalue weighted by molar-refractivity contribution is 6.10. The largest absolute Gasteiger partial charge is 0.493 e. The molecule has 4 heterocycles. The number of rotatable bonds is 8. The van der Waals surface area contributed by atoms with Gasteiger partial charge in [0.2, 0.25) is 0 Å². The number of hydrogen-bond donors (Lipinski definition) is 2. The van der Waals surface area contributed by atoms with Gasteiger partial charge in [0.15, 0.2) is 11.5 Å². The van der Waals surface area contributed by atoms with E-state index >= 15 is 0 Å². The first kappa shape index (κ1) is 24.7. The van der Waals surface area contributed by atoms with Crippen LogP contribution in [0.2, 0.25) is 0 Å². The molecule has 198 valence electrons. The average Bonchev–Trinajstić information content (AvgIpc) is 3.37.